The lowest BCUT2D eigenvalue weighted by molar-refractivity contribution is -0.137. The summed E-state index contributed by atoms with van der Waals surface area (Å²) >= 11 is 1.64. The number of thioether (sulfide) groups is 1. The topological polar surface area (TPSA) is 67.2 Å². The van der Waals surface area contributed by atoms with Gasteiger partial charge in [0.15, 0.2) is 0 Å². The van der Waals surface area contributed by atoms with E-state index in [1.54, 1.807) is 11.8 Å². The third-order valence-corrected chi connectivity index (χ3v) is 3.25. The number of hydrogen-bond acceptors (Lipinski definition) is 4. The Hall–Kier alpha value is -1.41. The van der Waals surface area contributed by atoms with Crippen LogP contribution in [0.25, 0.3) is 0 Å². The zero-order valence-corrected chi connectivity index (χ0v) is 11.7. The van der Waals surface area contributed by atoms with Crippen LogP contribution in [0.1, 0.15) is 22.3 Å². The van der Waals surface area contributed by atoms with Crippen molar-refractivity contribution in [2.75, 3.05) is 24.0 Å². The van der Waals surface area contributed by atoms with Gasteiger partial charge in [-0.3, -0.25) is 10.6 Å². The number of alkyl halides is 3. The molecular weight excluding hydrogens is 291 g/mol. The molecule has 0 aliphatic carbocycles. The van der Waals surface area contributed by atoms with Gasteiger partial charge in [-0.25, -0.2) is 0 Å². The molecule has 0 saturated heterocycles. The van der Waals surface area contributed by atoms with E-state index in [1.165, 1.54) is 6.07 Å². The minimum atomic E-state index is -4.57. The molecule has 4 nitrogen and oxygen atoms in total. The van der Waals surface area contributed by atoms with Crippen molar-refractivity contribution >= 4 is 23.4 Å². The average Bonchev–Trinajstić information content (AvgIpc) is 2.41. The number of nitrogens with two attached hydrogens (primary N) is 1. The van der Waals surface area contributed by atoms with Crippen LogP contribution in [0.5, 0.6) is 0 Å². The lowest BCUT2D eigenvalue weighted by atomic mass is 10.1. The minimum Gasteiger partial charge on any atom is -0.352 e. The van der Waals surface area contributed by atoms with E-state index in [-0.39, 0.29) is 11.3 Å². The predicted molar refractivity (Wildman–Crippen MR) is 74.6 cm³/mol. The maximum Gasteiger partial charge on any atom is 0.418 e. The van der Waals surface area contributed by atoms with E-state index < -0.39 is 17.6 Å². The molecule has 0 saturated carbocycles. The number of benzene rings is 1. The van der Waals surface area contributed by atoms with Gasteiger partial charge < -0.3 is 10.7 Å². The second-order valence-corrected chi connectivity index (χ2v) is 4.99. The highest BCUT2D eigenvalue weighted by molar-refractivity contribution is 7.98. The fourth-order valence-electron chi connectivity index (χ4n) is 1.57. The summed E-state index contributed by atoms with van der Waals surface area (Å²) in [5.74, 6) is 5.39. The number of carbonyl (C=O) groups is 1. The number of carbonyl (C=O) groups excluding carboxylic acids is 1. The Labute approximate surface area is 119 Å². The summed E-state index contributed by atoms with van der Waals surface area (Å²) in [5, 5.41) is 2.58. The molecule has 4 N–H and O–H groups in total. The SMILES string of the molecule is CSCCCNC(=O)c1ccc(NN)c(C(F)(F)F)c1. The van der Waals surface area contributed by atoms with Gasteiger partial charge in [-0.15, -0.1) is 0 Å². The number of hydrazine groups is 1. The summed E-state index contributed by atoms with van der Waals surface area (Å²) in [6.07, 6.45) is -1.87. The fourth-order valence-corrected chi connectivity index (χ4v) is 2.00. The lowest BCUT2D eigenvalue weighted by Crippen LogP contribution is -2.25. The van der Waals surface area contributed by atoms with Crippen molar-refractivity contribution in [1.29, 1.82) is 0 Å². The van der Waals surface area contributed by atoms with Gasteiger partial charge in [-0.2, -0.15) is 24.9 Å². The van der Waals surface area contributed by atoms with Crippen LogP contribution in [-0.2, 0) is 6.18 Å². The normalized spacial score (nSPS) is 11.2. The zero-order chi connectivity index (χ0) is 15.2. The summed E-state index contributed by atoms with van der Waals surface area (Å²) in [4.78, 5) is 11.7. The molecule has 0 bridgehead atoms. The summed E-state index contributed by atoms with van der Waals surface area (Å²) in [5.41, 5.74) is 0.704. The van der Waals surface area contributed by atoms with Crippen molar-refractivity contribution in [3.05, 3.63) is 29.3 Å². The first-order chi connectivity index (χ1) is 9.40. The van der Waals surface area contributed by atoms with Gasteiger partial charge in [0.1, 0.15) is 0 Å². The van der Waals surface area contributed by atoms with Crippen LogP contribution < -0.4 is 16.6 Å². The number of rotatable bonds is 6. The lowest BCUT2D eigenvalue weighted by Gasteiger charge is -2.14. The van der Waals surface area contributed by atoms with Gasteiger partial charge in [-0.1, -0.05) is 0 Å². The standard InChI is InChI=1S/C12H16F3N3OS/c1-20-6-2-5-17-11(19)8-3-4-10(18-16)9(7-8)12(13,14)15/h3-4,7,18H,2,5-6,16H2,1H3,(H,17,19). The van der Waals surface area contributed by atoms with Gasteiger partial charge in [0.2, 0.25) is 0 Å². The summed E-state index contributed by atoms with van der Waals surface area (Å²) in [6, 6.07) is 3.23. The van der Waals surface area contributed by atoms with Gasteiger partial charge >= 0.3 is 6.18 Å². The first-order valence-corrected chi connectivity index (χ1v) is 7.24. The highest BCUT2D eigenvalue weighted by atomic mass is 32.2. The van der Waals surface area contributed by atoms with E-state index >= 15 is 0 Å². The molecule has 0 unspecified atom stereocenters. The third kappa shape index (κ3) is 4.61. The number of nitrogen functional groups attached to an aromatic ring is 1. The van der Waals surface area contributed by atoms with E-state index in [2.05, 4.69) is 5.32 Å². The third-order valence-electron chi connectivity index (χ3n) is 2.55. The van der Waals surface area contributed by atoms with E-state index in [0.29, 0.717) is 6.54 Å². The smallest absolute Gasteiger partial charge is 0.352 e. The van der Waals surface area contributed by atoms with Gasteiger partial charge in [0.05, 0.1) is 11.3 Å². The molecule has 0 radical (unpaired) electrons. The zero-order valence-electron chi connectivity index (χ0n) is 10.9. The van der Waals surface area contributed by atoms with Crippen LogP contribution in [0.2, 0.25) is 0 Å². The molecule has 8 heteroatoms. The Morgan fingerprint density at radius 3 is 2.65 bits per heavy atom. The minimum absolute atomic E-state index is 0.0412. The predicted octanol–water partition coefficient (Wildman–Crippen LogP) is 2.47. The maximum atomic E-state index is 12.8. The van der Waals surface area contributed by atoms with E-state index in [9.17, 15) is 18.0 Å². The van der Waals surface area contributed by atoms with Crippen LogP contribution >= 0.6 is 11.8 Å². The molecule has 0 atom stereocenters. The quantitative estimate of drug-likeness (QED) is 0.429. The molecule has 1 aromatic carbocycles. The van der Waals surface area contributed by atoms with E-state index in [4.69, 9.17) is 5.84 Å². The molecular formula is C12H16F3N3OS. The number of nitrogens with one attached hydrogen (secondary N) is 2. The molecule has 1 amide bonds. The molecule has 0 fully saturated rings. The highest BCUT2D eigenvalue weighted by Gasteiger charge is 2.34. The summed E-state index contributed by atoms with van der Waals surface area (Å²) in [7, 11) is 0. The number of anilines is 1. The largest absolute Gasteiger partial charge is 0.418 e. The van der Waals surface area contributed by atoms with Gasteiger partial charge in [0.25, 0.3) is 5.91 Å². The van der Waals surface area contributed by atoms with Crippen LogP contribution in [0, 0.1) is 0 Å². The van der Waals surface area contributed by atoms with Crippen molar-refractivity contribution in [1.82, 2.24) is 5.32 Å². The van der Waals surface area contributed by atoms with E-state index in [0.717, 1.165) is 24.3 Å². The van der Waals surface area contributed by atoms with Gasteiger partial charge in [0, 0.05) is 12.1 Å². The number of halogens is 3. The Balaban J connectivity index is 2.83. The second-order valence-electron chi connectivity index (χ2n) is 4.00. The van der Waals surface area contributed by atoms with E-state index in [1.807, 2.05) is 11.7 Å². The first kappa shape index (κ1) is 16.6. The van der Waals surface area contributed by atoms with Crippen molar-refractivity contribution in [3.63, 3.8) is 0 Å². The van der Waals surface area contributed by atoms with Crippen molar-refractivity contribution in [3.8, 4) is 0 Å². The number of hydrogen-bond donors (Lipinski definition) is 3. The maximum absolute atomic E-state index is 12.8. The molecule has 112 valence electrons. The second kappa shape index (κ2) is 7.39. The van der Waals surface area contributed by atoms with Gasteiger partial charge in [-0.05, 0) is 36.6 Å². The first-order valence-electron chi connectivity index (χ1n) is 5.85. The van der Waals surface area contributed by atoms with Crippen molar-refractivity contribution < 1.29 is 18.0 Å². The molecule has 1 rings (SSSR count). The summed E-state index contributed by atoms with van der Waals surface area (Å²) in [6.45, 7) is 0.428. The molecule has 20 heavy (non-hydrogen) atoms. The Kier molecular flexibility index (Phi) is 6.15. The van der Waals surface area contributed by atoms with Crippen LogP contribution in [0.15, 0.2) is 18.2 Å². The molecule has 1 aromatic rings. The number of amides is 1. The fraction of sp³-hybridized carbons (Fsp3) is 0.417. The Bertz CT molecular complexity index is 466. The van der Waals surface area contributed by atoms with Crippen molar-refractivity contribution in [2.45, 2.75) is 12.6 Å². The van der Waals surface area contributed by atoms with Crippen LogP contribution in [0.3, 0.4) is 0 Å². The Morgan fingerprint density at radius 2 is 2.10 bits per heavy atom. The molecule has 0 aliphatic heterocycles. The molecule has 0 aromatic heterocycles. The highest BCUT2D eigenvalue weighted by Crippen LogP contribution is 2.35. The molecule has 0 heterocycles. The van der Waals surface area contributed by atoms with Crippen molar-refractivity contribution in [2.24, 2.45) is 5.84 Å². The molecule has 0 aliphatic rings. The average molecular weight is 307 g/mol. The van der Waals surface area contributed by atoms with Crippen LogP contribution in [0.4, 0.5) is 18.9 Å². The van der Waals surface area contributed by atoms with Crippen LogP contribution in [-0.4, -0.2) is 24.5 Å². The summed E-state index contributed by atoms with van der Waals surface area (Å²) < 4.78 is 38.4. The molecule has 0 spiro atoms. The monoisotopic (exact) mass is 307 g/mol. The Morgan fingerprint density at radius 1 is 1.40 bits per heavy atom.